The lowest BCUT2D eigenvalue weighted by molar-refractivity contribution is -0.139. The highest BCUT2D eigenvalue weighted by atomic mass is 35.5. The number of amides is 1. The van der Waals surface area contributed by atoms with Crippen molar-refractivity contribution in [1.29, 1.82) is 0 Å². The Balaban J connectivity index is 1.90. The Kier molecular flexibility index (Phi) is 5.88. The molecule has 5 heteroatoms. The lowest BCUT2D eigenvalue weighted by atomic mass is 9.97. The van der Waals surface area contributed by atoms with Gasteiger partial charge in [-0.15, -0.1) is 0 Å². The van der Waals surface area contributed by atoms with Crippen LogP contribution in [0.5, 0.6) is 5.75 Å². The highest BCUT2D eigenvalue weighted by molar-refractivity contribution is 6.30. The van der Waals surface area contributed by atoms with Crippen LogP contribution >= 0.6 is 11.6 Å². The average molecular weight is 311 g/mol. The number of hydrogen-bond donors (Lipinski definition) is 1. The highest BCUT2D eigenvalue weighted by Crippen LogP contribution is 2.20. The lowest BCUT2D eigenvalue weighted by Gasteiger charge is -2.34. The van der Waals surface area contributed by atoms with Gasteiger partial charge < -0.3 is 15.0 Å². The van der Waals surface area contributed by atoms with Crippen LogP contribution in [0.3, 0.4) is 0 Å². The number of hydrogen-bond acceptors (Lipinski definition) is 3. The number of ether oxygens (including phenoxy) is 1. The molecule has 0 radical (unpaired) electrons. The summed E-state index contributed by atoms with van der Waals surface area (Å²) in [7, 11) is 1.95. The van der Waals surface area contributed by atoms with Gasteiger partial charge in [0.25, 0.3) is 5.91 Å². The third kappa shape index (κ3) is 4.61. The van der Waals surface area contributed by atoms with Crippen LogP contribution in [0.1, 0.15) is 19.8 Å². The first-order chi connectivity index (χ1) is 10.1. The lowest BCUT2D eigenvalue weighted by Crippen LogP contribution is -2.47. The van der Waals surface area contributed by atoms with Gasteiger partial charge in [-0.3, -0.25) is 4.79 Å². The molecule has 0 aromatic heterocycles. The van der Waals surface area contributed by atoms with Gasteiger partial charge in [-0.05, 0) is 63.5 Å². The summed E-state index contributed by atoms with van der Waals surface area (Å²) in [4.78, 5) is 14.4. The Morgan fingerprint density at radius 3 is 2.86 bits per heavy atom. The Morgan fingerprint density at radius 2 is 2.19 bits per heavy atom. The van der Waals surface area contributed by atoms with Gasteiger partial charge in [0.05, 0.1) is 0 Å². The smallest absolute Gasteiger partial charge is 0.263 e. The van der Waals surface area contributed by atoms with Crippen molar-refractivity contribution < 1.29 is 9.53 Å². The van der Waals surface area contributed by atoms with E-state index in [0.29, 0.717) is 16.7 Å². The van der Waals surface area contributed by atoms with Crippen LogP contribution in [0.2, 0.25) is 5.02 Å². The van der Waals surface area contributed by atoms with E-state index >= 15 is 0 Å². The molecule has 0 aliphatic carbocycles. The molecule has 1 N–H and O–H groups in total. The molecule has 1 saturated heterocycles. The van der Waals surface area contributed by atoms with E-state index in [9.17, 15) is 4.79 Å². The molecular weight excluding hydrogens is 288 g/mol. The number of benzene rings is 1. The zero-order valence-corrected chi connectivity index (χ0v) is 13.4. The van der Waals surface area contributed by atoms with Gasteiger partial charge in [0.15, 0.2) is 6.10 Å². The van der Waals surface area contributed by atoms with Crippen LogP contribution in [-0.2, 0) is 4.79 Å². The van der Waals surface area contributed by atoms with Crippen molar-refractivity contribution in [2.45, 2.75) is 25.9 Å². The number of carbonyl (C=O) groups is 1. The molecule has 1 amide bonds. The Labute approximate surface area is 131 Å². The van der Waals surface area contributed by atoms with Crippen LogP contribution in [0.25, 0.3) is 0 Å². The number of carbonyl (C=O) groups excluding carboxylic acids is 1. The van der Waals surface area contributed by atoms with E-state index in [4.69, 9.17) is 16.3 Å². The number of rotatable bonds is 5. The molecule has 1 aliphatic heterocycles. The van der Waals surface area contributed by atoms with Crippen molar-refractivity contribution in [3.63, 3.8) is 0 Å². The SMILES string of the molecule is CNC[C@H]1CCCN(C(=O)[C@@H](C)Oc2ccc(Cl)cc2)C1. The van der Waals surface area contributed by atoms with E-state index < -0.39 is 6.10 Å². The molecule has 0 bridgehead atoms. The number of nitrogens with zero attached hydrogens (tertiary/aromatic N) is 1. The summed E-state index contributed by atoms with van der Waals surface area (Å²) in [5.41, 5.74) is 0. The second kappa shape index (κ2) is 7.66. The van der Waals surface area contributed by atoms with Gasteiger partial charge in [0.1, 0.15) is 5.75 Å². The second-order valence-electron chi connectivity index (χ2n) is 5.56. The Hall–Kier alpha value is -1.26. The maximum absolute atomic E-state index is 12.5. The maximum atomic E-state index is 12.5. The summed E-state index contributed by atoms with van der Waals surface area (Å²) in [6.07, 6.45) is 1.77. The second-order valence-corrected chi connectivity index (χ2v) is 6.00. The summed E-state index contributed by atoms with van der Waals surface area (Å²) in [5.74, 6) is 1.27. The van der Waals surface area contributed by atoms with E-state index in [0.717, 1.165) is 26.1 Å². The van der Waals surface area contributed by atoms with Crippen molar-refractivity contribution in [1.82, 2.24) is 10.2 Å². The highest BCUT2D eigenvalue weighted by Gasteiger charge is 2.27. The van der Waals surface area contributed by atoms with Crippen LogP contribution < -0.4 is 10.1 Å². The molecule has 0 spiro atoms. The summed E-state index contributed by atoms with van der Waals surface area (Å²) >= 11 is 5.84. The molecule has 1 aliphatic rings. The third-order valence-electron chi connectivity index (χ3n) is 3.80. The topological polar surface area (TPSA) is 41.6 Å². The monoisotopic (exact) mass is 310 g/mol. The molecule has 116 valence electrons. The minimum Gasteiger partial charge on any atom is -0.481 e. The van der Waals surface area contributed by atoms with Crippen LogP contribution in [0, 0.1) is 5.92 Å². The molecule has 0 unspecified atom stereocenters. The predicted octanol–water partition coefficient (Wildman–Crippen LogP) is 2.57. The predicted molar refractivity (Wildman–Crippen MR) is 84.8 cm³/mol. The van der Waals surface area contributed by atoms with E-state index in [1.807, 2.05) is 11.9 Å². The fourth-order valence-corrected chi connectivity index (χ4v) is 2.87. The molecule has 1 fully saturated rings. The minimum atomic E-state index is -0.473. The molecule has 4 nitrogen and oxygen atoms in total. The zero-order chi connectivity index (χ0) is 15.2. The summed E-state index contributed by atoms with van der Waals surface area (Å²) in [6.45, 7) is 4.40. The van der Waals surface area contributed by atoms with Gasteiger partial charge >= 0.3 is 0 Å². The van der Waals surface area contributed by atoms with Gasteiger partial charge in [-0.1, -0.05) is 11.6 Å². The number of piperidine rings is 1. The maximum Gasteiger partial charge on any atom is 0.263 e. The standard InChI is InChI=1S/C16H23ClN2O2/c1-12(21-15-7-5-14(17)6-8-15)16(20)19-9-3-4-13(11-19)10-18-2/h5-8,12-13,18H,3-4,9-11H2,1-2H3/t12-,13-/m1/s1. The first-order valence-corrected chi connectivity index (χ1v) is 7.83. The quantitative estimate of drug-likeness (QED) is 0.909. The number of likely N-dealkylation sites (tertiary alicyclic amines) is 1. The first-order valence-electron chi connectivity index (χ1n) is 7.45. The van der Waals surface area contributed by atoms with E-state index in [1.165, 1.54) is 6.42 Å². The Bertz CT molecular complexity index is 462. The van der Waals surface area contributed by atoms with Crippen LogP contribution in [0.15, 0.2) is 24.3 Å². The van der Waals surface area contributed by atoms with Crippen LogP contribution in [0.4, 0.5) is 0 Å². The molecule has 2 atom stereocenters. The number of halogens is 1. The van der Waals surface area contributed by atoms with Crippen molar-refractivity contribution in [3.05, 3.63) is 29.3 Å². The average Bonchev–Trinajstić information content (AvgIpc) is 2.49. The molecular formula is C16H23ClN2O2. The van der Waals surface area contributed by atoms with Gasteiger partial charge in [-0.2, -0.15) is 0 Å². The zero-order valence-electron chi connectivity index (χ0n) is 12.6. The van der Waals surface area contributed by atoms with Crippen molar-refractivity contribution in [2.75, 3.05) is 26.7 Å². The summed E-state index contributed by atoms with van der Waals surface area (Å²) in [5, 5.41) is 3.85. The largest absolute Gasteiger partial charge is 0.481 e. The molecule has 0 saturated carbocycles. The minimum absolute atomic E-state index is 0.0609. The molecule has 2 rings (SSSR count). The van der Waals surface area contributed by atoms with E-state index in [-0.39, 0.29) is 5.91 Å². The van der Waals surface area contributed by atoms with Crippen molar-refractivity contribution >= 4 is 17.5 Å². The van der Waals surface area contributed by atoms with Gasteiger partial charge in [0.2, 0.25) is 0 Å². The van der Waals surface area contributed by atoms with Crippen LogP contribution in [-0.4, -0.2) is 43.6 Å². The normalized spacial score (nSPS) is 20.1. The van der Waals surface area contributed by atoms with Gasteiger partial charge in [-0.25, -0.2) is 0 Å². The molecule has 1 aromatic carbocycles. The fraction of sp³-hybridized carbons (Fsp3) is 0.562. The number of nitrogens with one attached hydrogen (secondary N) is 1. The fourth-order valence-electron chi connectivity index (χ4n) is 2.75. The van der Waals surface area contributed by atoms with E-state index in [2.05, 4.69) is 5.32 Å². The summed E-state index contributed by atoms with van der Waals surface area (Å²) < 4.78 is 5.71. The van der Waals surface area contributed by atoms with Gasteiger partial charge in [0, 0.05) is 18.1 Å². The molecule has 1 heterocycles. The molecule has 21 heavy (non-hydrogen) atoms. The van der Waals surface area contributed by atoms with E-state index in [1.54, 1.807) is 31.2 Å². The molecule has 1 aromatic rings. The van der Waals surface area contributed by atoms with Crippen molar-refractivity contribution in [2.24, 2.45) is 5.92 Å². The Morgan fingerprint density at radius 1 is 1.48 bits per heavy atom. The first kappa shape index (κ1) is 16.1. The van der Waals surface area contributed by atoms with Crippen molar-refractivity contribution in [3.8, 4) is 5.75 Å². The third-order valence-corrected chi connectivity index (χ3v) is 4.05. The summed E-state index contributed by atoms with van der Waals surface area (Å²) in [6, 6.07) is 7.09.